The van der Waals surface area contributed by atoms with Gasteiger partial charge in [0.05, 0.1) is 11.3 Å². The van der Waals surface area contributed by atoms with E-state index >= 15 is 0 Å². The number of rotatable bonds is 2. The molecule has 0 saturated carbocycles. The Bertz CT molecular complexity index is 657. The quantitative estimate of drug-likeness (QED) is 0.888. The molecule has 0 saturated heterocycles. The average molecular weight is 253 g/mol. The van der Waals surface area contributed by atoms with E-state index in [4.69, 9.17) is 11.0 Å². The molecule has 2 aromatic rings. The molecule has 0 aliphatic rings. The van der Waals surface area contributed by atoms with Crippen LogP contribution in [0.15, 0.2) is 24.3 Å². The number of nitriles is 1. The maximum Gasteiger partial charge on any atom is 0.141 e. The minimum atomic E-state index is 0.462. The molecule has 2 N–H and O–H groups in total. The minimum Gasteiger partial charge on any atom is -0.383 e. The first-order valence-electron chi connectivity index (χ1n) is 5.88. The fourth-order valence-electron chi connectivity index (χ4n) is 1.94. The summed E-state index contributed by atoms with van der Waals surface area (Å²) in [5.74, 6) is 1.79. The molecule has 0 aliphatic heterocycles. The minimum absolute atomic E-state index is 0.462. The van der Waals surface area contributed by atoms with E-state index in [0.717, 1.165) is 11.3 Å². The van der Waals surface area contributed by atoms with Crippen molar-refractivity contribution in [3.8, 4) is 6.07 Å². The summed E-state index contributed by atoms with van der Waals surface area (Å²) in [5.41, 5.74) is 8.06. The third kappa shape index (κ3) is 2.33. The summed E-state index contributed by atoms with van der Waals surface area (Å²) in [6.07, 6.45) is 0. The Hall–Kier alpha value is -2.61. The van der Waals surface area contributed by atoms with Crippen LogP contribution in [0.2, 0.25) is 0 Å². The molecule has 0 radical (unpaired) electrons. The van der Waals surface area contributed by atoms with Crippen LogP contribution < -0.4 is 10.6 Å². The van der Waals surface area contributed by atoms with Crippen LogP contribution in [-0.2, 0) is 0 Å². The zero-order chi connectivity index (χ0) is 14.0. The van der Waals surface area contributed by atoms with E-state index in [0.29, 0.717) is 23.0 Å². The summed E-state index contributed by atoms with van der Waals surface area (Å²) in [7, 11) is 1.87. The second-order valence-corrected chi connectivity index (χ2v) is 4.29. The molecule has 0 fully saturated rings. The van der Waals surface area contributed by atoms with Crippen molar-refractivity contribution in [3.63, 3.8) is 0 Å². The van der Waals surface area contributed by atoms with Crippen molar-refractivity contribution in [1.82, 2.24) is 9.97 Å². The van der Waals surface area contributed by atoms with Gasteiger partial charge < -0.3 is 10.6 Å². The first-order chi connectivity index (χ1) is 9.04. The van der Waals surface area contributed by atoms with Crippen LogP contribution >= 0.6 is 0 Å². The fraction of sp³-hybridized carbons (Fsp3) is 0.214. The van der Waals surface area contributed by atoms with Gasteiger partial charge in [0, 0.05) is 12.6 Å². The largest absolute Gasteiger partial charge is 0.383 e. The van der Waals surface area contributed by atoms with Crippen molar-refractivity contribution >= 4 is 17.3 Å². The van der Waals surface area contributed by atoms with Gasteiger partial charge in [0.1, 0.15) is 23.5 Å². The number of nitrogen functional groups attached to an aromatic ring is 1. The highest BCUT2D eigenvalue weighted by molar-refractivity contribution is 5.70. The molecule has 2 rings (SSSR count). The topological polar surface area (TPSA) is 78.8 Å². The van der Waals surface area contributed by atoms with E-state index in [-0.39, 0.29) is 0 Å². The van der Waals surface area contributed by atoms with Gasteiger partial charge in [0.25, 0.3) is 0 Å². The number of aryl methyl sites for hydroxylation is 1. The molecule has 1 aromatic heterocycles. The molecule has 5 nitrogen and oxygen atoms in total. The van der Waals surface area contributed by atoms with Crippen LogP contribution in [-0.4, -0.2) is 17.0 Å². The number of hydrogen-bond donors (Lipinski definition) is 1. The van der Waals surface area contributed by atoms with Gasteiger partial charge in [0.15, 0.2) is 0 Å². The van der Waals surface area contributed by atoms with Crippen LogP contribution in [0.4, 0.5) is 17.3 Å². The number of nitrogens with two attached hydrogens (primary N) is 1. The molecule has 5 heteroatoms. The molecule has 0 amide bonds. The zero-order valence-corrected chi connectivity index (χ0v) is 11.2. The van der Waals surface area contributed by atoms with Crippen molar-refractivity contribution in [2.75, 3.05) is 17.7 Å². The Morgan fingerprint density at radius 2 is 1.89 bits per heavy atom. The highest BCUT2D eigenvalue weighted by Crippen LogP contribution is 2.29. The molecule has 0 unspecified atom stereocenters. The summed E-state index contributed by atoms with van der Waals surface area (Å²) in [4.78, 5) is 10.4. The number of aromatic nitrogens is 2. The normalized spacial score (nSPS) is 10.0. The first kappa shape index (κ1) is 12.8. The van der Waals surface area contributed by atoms with Gasteiger partial charge in [0.2, 0.25) is 0 Å². The molecule has 0 aliphatic carbocycles. The Morgan fingerprint density at radius 3 is 2.58 bits per heavy atom. The molecule has 0 bridgehead atoms. The molecular weight excluding hydrogens is 238 g/mol. The van der Waals surface area contributed by atoms with Crippen molar-refractivity contribution < 1.29 is 0 Å². The maximum absolute atomic E-state index is 9.16. The summed E-state index contributed by atoms with van der Waals surface area (Å²) < 4.78 is 0. The van der Waals surface area contributed by atoms with Crippen molar-refractivity contribution in [3.05, 3.63) is 41.2 Å². The van der Waals surface area contributed by atoms with Gasteiger partial charge in [-0.15, -0.1) is 0 Å². The molecule has 1 heterocycles. The number of anilines is 3. The van der Waals surface area contributed by atoms with Crippen LogP contribution in [0.1, 0.15) is 17.0 Å². The zero-order valence-electron chi connectivity index (χ0n) is 11.2. The molecule has 0 atom stereocenters. The lowest BCUT2D eigenvalue weighted by Gasteiger charge is -2.22. The molecule has 19 heavy (non-hydrogen) atoms. The third-order valence-electron chi connectivity index (χ3n) is 2.97. The van der Waals surface area contributed by atoms with Crippen LogP contribution in [0.5, 0.6) is 0 Å². The standard InChI is InChI=1S/C14H15N5/c1-9-13(16)17-10(2)18-14(9)19(3)12-7-5-4-6-11(12)8-15/h4-7H,1-3H3,(H2,16,17,18). The second kappa shape index (κ2) is 4.94. The Labute approximate surface area is 112 Å². The Kier molecular flexibility index (Phi) is 3.34. The first-order valence-corrected chi connectivity index (χ1v) is 5.88. The van der Waals surface area contributed by atoms with Gasteiger partial charge in [-0.05, 0) is 26.0 Å². The third-order valence-corrected chi connectivity index (χ3v) is 2.97. The van der Waals surface area contributed by atoms with E-state index in [2.05, 4.69) is 16.0 Å². The number of para-hydroxylation sites is 1. The average Bonchev–Trinajstić information content (AvgIpc) is 2.42. The summed E-state index contributed by atoms with van der Waals surface area (Å²) in [6, 6.07) is 9.56. The van der Waals surface area contributed by atoms with Crippen LogP contribution in [0.3, 0.4) is 0 Å². The maximum atomic E-state index is 9.16. The SMILES string of the molecule is Cc1nc(N)c(C)c(N(C)c2ccccc2C#N)n1. The van der Waals surface area contributed by atoms with E-state index < -0.39 is 0 Å². The fourth-order valence-corrected chi connectivity index (χ4v) is 1.94. The Balaban J connectivity index is 2.57. The highest BCUT2D eigenvalue weighted by atomic mass is 15.2. The van der Waals surface area contributed by atoms with Gasteiger partial charge >= 0.3 is 0 Å². The smallest absolute Gasteiger partial charge is 0.141 e. The van der Waals surface area contributed by atoms with Gasteiger partial charge in [-0.25, -0.2) is 9.97 Å². The molecular formula is C14H15N5. The van der Waals surface area contributed by atoms with Crippen molar-refractivity contribution in [1.29, 1.82) is 5.26 Å². The highest BCUT2D eigenvalue weighted by Gasteiger charge is 2.15. The van der Waals surface area contributed by atoms with Crippen LogP contribution in [0.25, 0.3) is 0 Å². The lowest BCUT2D eigenvalue weighted by molar-refractivity contribution is 0.998. The molecule has 1 aromatic carbocycles. The van der Waals surface area contributed by atoms with Gasteiger partial charge in [-0.2, -0.15) is 5.26 Å². The lowest BCUT2D eigenvalue weighted by Crippen LogP contribution is -2.16. The predicted octanol–water partition coefficient (Wildman–Crippen LogP) is 2.32. The van der Waals surface area contributed by atoms with Crippen molar-refractivity contribution in [2.45, 2.75) is 13.8 Å². The summed E-state index contributed by atoms with van der Waals surface area (Å²) >= 11 is 0. The van der Waals surface area contributed by atoms with E-state index in [1.54, 1.807) is 13.0 Å². The van der Waals surface area contributed by atoms with E-state index in [1.807, 2.05) is 37.1 Å². The van der Waals surface area contributed by atoms with Gasteiger partial charge in [-0.3, -0.25) is 0 Å². The predicted molar refractivity (Wildman–Crippen MR) is 75.1 cm³/mol. The van der Waals surface area contributed by atoms with Crippen molar-refractivity contribution in [2.24, 2.45) is 0 Å². The Morgan fingerprint density at radius 1 is 1.21 bits per heavy atom. The lowest BCUT2D eigenvalue weighted by atomic mass is 10.1. The van der Waals surface area contributed by atoms with E-state index in [9.17, 15) is 0 Å². The molecule has 96 valence electrons. The monoisotopic (exact) mass is 253 g/mol. The number of nitrogens with zero attached hydrogens (tertiary/aromatic N) is 4. The number of benzene rings is 1. The summed E-state index contributed by atoms with van der Waals surface area (Å²) in [6.45, 7) is 3.67. The second-order valence-electron chi connectivity index (χ2n) is 4.29. The van der Waals surface area contributed by atoms with E-state index in [1.165, 1.54) is 0 Å². The number of hydrogen-bond acceptors (Lipinski definition) is 5. The van der Waals surface area contributed by atoms with Crippen LogP contribution in [0, 0.1) is 25.2 Å². The van der Waals surface area contributed by atoms with Gasteiger partial charge in [-0.1, -0.05) is 12.1 Å². The molecule has 0 spiro atoms. The summed E-state index contributed by atoms with van der Waals surface area (Å²) in [5, 5.41) is 9.16.